The summed E-state index contributed by atoms with van der Waals surface area (Å²) in [7, 11) is 0. The van der Waals surface area contributed by atoms with Crippen LogP contribution in [0.4, 0.5) is 19.0 Å². The van der Waals surface area contributed by atoms with Crippen LogP contribution in [-0.2, 0) is 11.0 Å². The van der Waals surface area contributed by atoms with Crippen molar-refractivity contribution in [2.45, 2.75) is 59.1 Å². The molecule has 1 amide bonds. The molecule has 3 saturated carbocycles. The van der Waals surface area contributed by atoms with E-state index in [1.165, 1.54) is 25.3 Å². The summed E-state index contributed by atoms with van der Waals surface area (Å²) in [5.41, 5.74) is 0.333. The molecule has 1 saturated heterocycles. The molecule has 1 aromatic rings. The first-order valence-corrected chi connectivity index (χ1v) is 13.9. The SMILES string of the molecule is CCNC(=O)CC1C[C@@H]2C(C)(C)C23CC[C@@]13CSN1CCCN(c2ccc(C(F)(F)F)cn2)CC1. The van der Waals surface area contributed by atoms with Gasteiger partial charge in [-0.2, -0.15) is 13.2 Å². The van der Waals surface area contributed by atoms with E-state index in [-0.39, 0.29) is 11.3 Å². The van der Waals surface area contributed by atoms with Crippen molar-refractivity contribution < 1.29 is 18.0 Å². The zero-order valence-electron chi connectivity index (χ0n) is 21.0. The molecule has 3 aliphatic carbocycles. The Balaban J connectivity index is 1.22. The van der Waals surface area contributed by atoms with Crippen LogP contribution in [-0.4, -0.2) is 53.7 Å². The first-order valence-electron chi connectivity index (χ1n) is 13.0. The van der Waals surface area contributed by atoms with E-state index in [2.05, 4.69) is 33.4 Å². The van der Waals surface area contributed by atoms with Gasteiger partial charge >= 0.3 is 6.18 Å². The summed E-state index contributed by atoms with van der Waals surface area (Å²) in [5.74, 6) is 3.08. The van der Waals surface area contributed by atoms with Crippen LogP contribution in [0.2, 0.25) is 0 Å². The first-order chi connectivity index (χ1) is 16.5. The van der Waals surface area contributed by atoms with Crippen LogP contribution in [0.3, 0.4) is 0 Å². The number of aromatic nitrogens is 1. The van der Waals surface area contributed by atoms with Crippen LogP contribution in [0, 0.1) is 28.1 Å². The molecule has 0 bridgehead atoms. The first kappa shape index (κ1) is 25.2. The second-order valence-electron chi connectivity index (χ2n) is 11.4. The number of hydrogen-bond donors (Lipinski definition) is 1. The Bertz CT molecular complexity index is 955. The van der Waals surface area contributed by atoms with Gasteiger partial charge in [0, 0.05) is 51.1 Å². The molecule has 194 valence electrons. The van der Waals surface area contributed by atoms with Gasteiger partial charge < -0.3 is 10.2 Å². The van der Waals surface area contributed by atoms with Gasteiger partial charge in [0.25, 0.3) is 0 Å². The Labute approximate surface area is 210 Å². The van der Waals surface area contributed by atoms with Gasteiger partial charge in [-0.3, -0.25) is 4.79 Å². The molecule has 4 aliphatic rings. The van der Waals surface area contributed by atoms with Crippen molar-refractivity contribution in [1.82, 2.24) is 14.6 Å². The minimum atomic E-state index is -4.36. The fourth-order valence-corrected chi connectivity index (χ4v) is 9.55. The molecule has 1 spiro atoms. The Kier molecular flexibility index (Phi) is 6.35. The maximum absolute atomic E-state index is 12.9. The number of anilines is 1. The Hall–Kier alpha value is -1.48. The van der Waals surface area contributed by atoms with Crippen molar-refractivity contribution in [3.63, 3.8) is 0 Å². The van der Waals surface area contributed by atoms with E-state index < -0.39 is 11.7 Å². The summed E-state index contributed by atoms with van der Waals surface area (Å²) >= 11 is 1.94. The average molecular weight is 511 g/mol. The van der Waals surface area contributed by atoms with E-state index in [9.17, 15) is 18.0 Å². The van der Waals surface area contributed by atoms with Gasteiger partial charge in [-0.15, -0.1) is 0 Å². The number of carbonyl (C=O) groups excluding carboxylic acids is 1. The standard InChI is InChI=1S/C26H37F3N4OS/c1-4-30-22(34)15-19-14-20-23(2,3)25(20)9-8-24(19,25)17-35-33-11-5-10-32(12-13-33)21-7-6-18(16-31-21)26(27,28)29/h6-7,16,19-20H,4-5,8-15,17H2,1-3H3,(H,30,34)/t19?,20-,24-,25?/m1/s1. The van der Waals surface area contributed by atoms with Crippen molar-refractivity contribution in [2.75, 3.05) is 43.4 Å². The van der Waals surface area contributed by atoms with E-state index in [1.807, 2.05) is 18.9 Å². The molecule has 1 aliphatic heterocycles. The van der Waals surface area contributed by atoms with Crippen LogP contribution >= 0.6 is 11.9 Å². The number of nitrogens with zero attached hydrogens (tertiary/aromatic N) is 3. The highest BCUT2D eigenvalue weighted by Crippen LogP contribution is 2.92. The predicted octanol–water partition coefficient (Wildman–Crippen LogP) is 5.23. The lowest BCUT2D eigenvalue weighted by Crippen LogP contribution is -2.51. The van der Waals surface area contributed by atoms with Crippen molar-refractivity contribution in [3.05, 3.63) is 23.9 Å². The lowest BCUT2D eigenvalue weighted by atomic mass is 9.51. The van der Waals surface area contributed by atoms with Gasteiger partial charge in [-0.25, -0.2) is 9.29 Å². The van der Waals surface area contributed by atoms with Crippen LogP contribution in [0.1, 0.15) is 58.4 Å². The van der Waals surface area contributed by atoms with Gasteiger partial charge in [0.05, 0.1) is 5.56 Å². The molecule has 1 N–H and O–H groups in total. The van der Waals surface area contributed by atoms with Crippen LogP contribution in [0.15, 0.2) is 18.3 Å². The molecular weight excluding hydrogens is 473 g/mol. The van der Waals surface area contributed by atoms with E-state index in [0.29, 0.717) is 35.5 Å². The van der Waals surface area contributed by atoms with Crippen molar-refractivity contribution in [3.8, 4) is 0 Å². The molecule has 4 atom stereocenters. The van der Waals surface area contributed by atoms with Gasteiger partial charge in [-0.05, 0) is 72.8 Å². The molecule has 9 heteroatoms. The third-order valence-electron chi connectivity index (χ3n) is 9.85. The Morgan fingerprint density at radius 2 is 2.00 bits per heavy atom. The third kappa shape index (κ3) is 3.95. The average Bonchev–Trinajstić information content (AvgIpc) is 3.33. The normalized spacial score (nSPS) is 33.9. The summed E-state index contributed by atoms with van der Waals surface area (Å²) in [4.78, 5) is 18.7. The highest BCUT2D eigenvalue weighted by Gasteiger charge is 2.87. The number of alkyl halides is 3. The molecule has 0 radical (unpaired) electrons. The van der Waals surface area contributed by atoms with Crippen LogP contribution in [0.5, 0.6) is 0 Å². The fourth-order valence-electron chi connectivity index (χ4n) is 8.03. The van der Waals surface area contributed by atoms with E-state index in [1.54, 1.807) is 0 Å². The summed E-state index contributed by atoms with van der Waals surface area (Å²) in [6.07, 6.45) is 1.87. The minimum Gasteiger partial charge on any atom is -0.356 e. The zero-order chi connectivity index (χ0) is 25.1. The fraction of sp³-hybridized carbons (Fsp3) is 0.769. The molecule has 35 heavy (non-hydrogen) atoms. The third-order valence-corrected chi connectivity index (χ3v) is 11.2. The number of hydrogen-bond acceptors (Lipinski definition) is 5. The topological polar surface area (TPSA) is 48.5 Å². The second kappa shape index (κ2) is 8.82. The molecule has 5 rings (SSSR count). The van der Waals surface area contributed by atoms with Crippen molar-refractivity contribution in [1.29, 1.82) is 0 Å². The summed E-state index contributed by atoms with van der Waals surface area (Å²) < 4.78 is 41.1. The quantitative estimate of drug-likeness (QED) is 0.509. The number of rotatable bonds is 7. The summed E-state index contributed by atoms with van der Waals surface area (Å²) in [5, 5.41) is 3.01. The smallest absolute Gasteiger partial charge is 0.356 e. The van der Waals surface area contributed by atoms with Crippen LogP contribution < -0.4 is 10.2 Å². The number of halogens is 3. The second-order valence-corrected chi connectivity index (χ2v) is 12.5. The van der Waals surface area contributed by atoms with Gasteiger partial charge in [-0.1, -0.05) is 25.8 Å². The van der Waals surface area contributed by atoms with Gasteiger partial charge in [0.2, 0.25) is 5.91 Å². The number of amides is 1. The van der Waals surface area contributed by atoms with Crippen molar-refractivity contribution >= 4 is 23.7 Å². The van der Waals surface area contributed by atoms with E-state index >= 15 is 0 Å². The molecular formula is C26H37F3N4OS. The van der Waals surface area contributed by atoms with Gasteiger partial charge in [0.1, 0.15) is 5.82 Å². The number of nitrogens with one attached hydrogen (secondary N) is 1. The molecule has 1 aromatic heterocycles. The molecule has 0 aromatic carbocycles. The maximum atomic E-state index is 12.9. The molecule has 5 nitrogen and oxygen atoms in total. The predicted molar refractivity (Wildman–Crippen MR) is 133 cm³/mol. The Morgan fingerprint density at radius 3 is 2.63 bits per heavy atom. The summed E-state index contributed by atoms with van der Waals surface area (Å²) in [6, 6.07) is 2.61. The monoisotopic (exact) mass is 510 g/mol. The van der Waals surface area contributed by atoms with Gasteiger partial charge in [0.15, 0.2) is 0 Å². The maximum Gasteiger partial charge on any atom is 0.417 e. The largest absolute Gasteiger partial charge is 0.417 e. The Morgan fingerprint density at radius 1 is 1.20 bits per heavy atom. The highest BCUT2D eigenvalue weighted by molar-refractivity contribution is 7.97. The lowest BCUT2D eigenvalue weighted by molar-refractivity contribution is -0.137. The molecule has 2 unspecified atom stereocenters. The molecule has 4 fully saturated rings. The minimum absolute atomic E-state index is 0.192. The van der Waals surface area contributed by atoms with Crippen LogP contribution in [0.25, 0.3) is 0 Å². The van der Waals surface area contributed by atoms with E-state index in [4.69, 9.17) is 0 Å². The summed E-state index contributed by atoms with van der Waals surface area (Å²) in [6.45, 7) is 10.9. The van der Waals surface area contributed by atoms with Crippen molar-refractivity contribution in [2.24, 2.45) is 28.1 Å². The lowest BCUT2D eigenvalue weighted by Gasteiger charge is -2.55. The van der Waals surface area contributed by atoms with E-state index in [0.717, 1.165) is 56.5 Å². The highest BCUT2D eigenvalue weighted by atomic mass is 32.2. The number of pyridine rings is 1. The molecule has 2 heterocycles. The number of carbonyl (C=O) groups is 1. The zero-order valence-corrected chi connectivity index (χ0v) is 21.8.